The van der Waals surface area contributed by atoms with E-state index in [-0.39, 0.29) is 0 Å². The van der Waals surface area contributed by atoms with Gasteiger partial charge in [-0.15, -0.1) is 0 Å². The first kappa shape index (κ1) is 21.9. The lowest BCUT2D eigenvalue weighted by Gasteiger charge is -2.33. The van der Waals surface area contributed by atoms with Gasteiger partial charge in [-0.1, -0.05) is 41.6 Å². The highest BCUT2D eigenvalue weighted by atomic mass is 35.5. The number of para-hydroxylation sites is 1. The molecule has 4 rings (SSSR count). The molecule has 0 aromatic heterocycles. The summed E-state index contributed by atoms with van der Waals surface area (Å²) in [4.78, 5) is 4.98. The van der Waals surface area contributed by atoms with Gasteiger partial charge in [-0.3, -0.25) is 0 Å². The van der Waals surface area contributed by atoms with Crippen molar-refractivity contribution in [2.45, 2.75) is 35.5 Å². The first-order valence-electron chi connectivity index (χ1n) is 10.6. The van der Waals surface area contributed by atoms with Gasteiger partial charge < -0.3 is 14.4 Å². The summed E-state index contributed by atoms with van der Waals surface area (Å²) in [6.45, 7) is 0.970. The van der Waals surface area contributed by atoms with Crippen LogP contribution >= 0.6 is 23.4 Å². The molecule has 0 spiro atoms. The Bertz CT molecular complexity index is 1040. The minimum Gasteiger partial charge on any atom is -0.493 e. The Morgan fingerprint density at radius 2 is 1.68 bits per heavy atom. The molecule has 1 aliphatic rings. The molecular formula is C26H27ClNO2S. The molecule has 0 fully saturated rings. The summed E-state index contributed by atoms with van der Waals surface area (Å²) in [5, 5.41) is 0.783. The number of halogens is 1. The second-order valence-electron chi connectivity index (χ2n) is 7.49. The van der Waals surface area contributed by atoms with Crippen LogP contribution in [0.1, 0.15) is 24.8 Å². The summed E-state index contributed by atoms with van der Waals surface area (Å²) in [7, 11) is 3.34. The lowest BCUT2D eigenvalue weighted by Crippen LogP contribution is -2.22. The molecule has 0 bridgehead atoms. The third-order valence-electron chi connectivity index (χ3n) is 5.46. The second kappa shape index (κ2) is 10.3. The van der Waals surface area contributed by atoms with E-state index in [1.165, 1.54) is 26.7 Å². The van der Waals surface area contributed by atoms with Crippen molar-refractivity contribution < 1.29 is 9.47 Å². The Balaban J connectivity index is 1.32. The number of hydrogen-bond acceptors (Lipinski definition) is 4. The van der Waals surface area contributed by atoms with Gasteiger partial charge in [-0.05, 0) is 80.1 Å². The van der Waals surface area contributed by atoms with Gasteiger partial charge >= 0.3 is 0 Å². The first-order chi connectivity index (χ1) is 15.2. The van der Waals surface area contributed by atoms with Crippen LogP contribution in [0.15, 0.2) is 70.5 Å². The standard InChI is InChI=1S/C26H27ClNO2S/c1-29-23-14-12-19(17-24(23)30-2)9-5-3-4-8-16-28-21-10-6-7-11-25(21)31-26-15-13-20(27)18-22(26)28/h3,6-7,10-15,17-18H,4-5,8-9,16H2,1-2H3. The Kier molecular flexibility index (Phi) is 7.31. The summed E-state index contributed by atoms with van der Waals surface area (Å²) in [5.41, 5.74) is 3.74. The minimum absolute atomic E-state index is 0.774. The van der Waals surface area contributed by atoms with Crippen LogP contribution < -0.4 is 14.4 Å². The van der Waals surface area contributed by atoms with E-state index >= 15 is 0 Å². The van der Waals surface area contributed by atoms with Crippen LogP contribution in [-0.2, 0) is 6.42 Å². The Labute approximate surface area is 194 Å². The van der Waals surface area contributed by atoms with Crippen molar-refractivity contribution in [1.29, 1.82) is 0 Å². The first-order valence-corrected chi connectivity index (χ1v) is 11.8. The molecule has 0 saturated heterocycles. The third-order valence-corrected chi connectivity index (χ3v) is 6.83. The van der Waals surface area contributed by atoms with Crippen molar-refractivity contribution in [1.82, 2.24) is 0 Å². The molecule has 5 heteroatoms. The maximum atomic E-state index is 6.31. The second-order valence-corrected chi connectivity index (χ2v) is 9.01. The average molecular weight is 453 g/mol. The Morgan fingerprint density at radius 1 is 0.871 bits per heavy atom. The van der Waals surface area contributed by atoms with Crippen LogP contribution in [0.25, 0.3) is 0 Å². The van der Waals surface area contributed by atoms with Gasteiger partial charge in [0.1, 0.15) is 0 Å². The zero-order chi connectivity index (χ0) is 21.6. The largest absolute Gasteiger partial charge is 0.493 e. The van der Waals surface area contributed by atoms with Crippen molar-refractivity contribution >= 4 is 34.7 Å². The number of unbranched alkanes of at least 4 members (excludes halogenated alkanes) is 3. The molecular weight excluding hydrogens is 426 g/mol. The molecule has 1 radical (unpaired) electrons. The van der Waals surface area contributed by atoms with Gasteiger partial charge in [0, 0.05) is 21.4 Å². The average Bonchev–Trinajstić information content (AvgIpc) is 2.80. The maximum absolute atomic E-state index is 6.31. The van der Waals surface area contributed by atoms with Gasteiger partial charge in [0.25, 0.3) is 0 Å². The van der Waals surface area contributed by atoms with Crippen molar-refractivity contribution in [3.05, 3.63) is 77.7 Å². The molecule has 0 amide bonds. The van der Waals surface area contributed by atoms with E-state index in [4.69, 9.17) is 21.1 Å². The number of ether oxygens (including phenoxy) is 2. The molecule has 3 aromatic carbocycles. The summed E-state index contributed by atoms with van der Waals surface area (Å²) in [6.07, 6.45) is 6.61. The summed E-state index contributed by atoms with van der Waals surface area (Å²) in [5.74, 6) is 1.56. The highest BCUT2D eigenvalue weighted by Crippen LogP contribution is 2.48. The zero-order valence-corrected chi connectivity index (χ0v) is 19.5. The summed E-state index contributed by atoms with van der Waals surface area (Å²) in [6, 6.07) is 20.9. The molecule has 0 unspecified atom stereocenters. The smallest absolute Gasteiger partial charge is 0.160 e. The molecule has 0 aliphatic carbocycles. The predicted octanol–water partition coefficient (Wildman–Crippen LogP) is 7.58. The predicted molar refractivity (Wildman–Crippen MR) is 130 cm³/mol. The van der Waals surface area contributed by atoms with E-state index in [1.807, 2.05) is 23.9 Å². The lowest BCUT2D eigenvalue weighted by molar-refractivity contribution is 0.354. The topological polar surface area (TPSA) is 21.7 Å². The van der Waals surface area contributed by atoms with Gasteiger partial charge in [0.2, 0.25) is 0 Å². The zero-order valence-electron chi connectivity index (χ0n) is 17.9. The monoisotopic (exact) mass is 452 g/mol. The van der Waals surface area contributed by atoms with Crippen LogP contribution in [0.4, 0.5) is 11.4 Å². The fourth-order valence-electron chi connectivity index (χ4n) is 3.89. The van der Waals surface area contributed by atoms with Gasteiger partial charge in [-0.2, -0.15) is 0 Å². The molecule has 1 heterocycles. The summed E-state index contributed by atoms with van der Waals surface area (Å²) >= 11 is 8.13. The molecule has 1 aliphatic heterocycles. The third kappa shape index (κ3) is 5.13. The number of nitrogens with zero attached hydrogens (tertiary/aromatic N) is 1. The fourth-order valence-corrected chi connectivity index (χ4v) is 5.13. The molecule has 3 aromatic rings. The molecule has 31 heavy (non-hydrogen) atoms. The van der Waals surface area contributed by atoms with E-state index in [0.717, 1.165) is 48.7 Å². The van der Waals surface area contributed by atoms with E-state index in [2.05, 4.69) is 59.9 Å². The number of methoxy groups -OCH3 is 2. The van der Waals surface area contributed by atoms with E-state index in [1.54, 1.807) is 14.2 Å². The number of benzene rings is 3. The van der Waals surface area contributed by atoms with Crippen LogP contribution in [0.2, 0.25) is 5.02 Å². The van der Waals surface area contributed by atoms with Gasteiger partial charge in [-0.25, -0.2) is 0 Å². The van der Waals surface area contributed by atoms with Crippen LogP contribution in [0, 0.1) is 6.42 Å². The van der Waals surface area contributed by atoms with Gasteiger partial charge in [0.15, 0.2) is 11.5 Å². The number of rotatable bonds is 9. The number of hydrogen-bond donors (Lipinski definition) is 0. The van der Waals surface area contributed by atoms with Crippen molar-refractivity contribution in [3.8, 4) is 11.5 Å². The van der Waals surface area contributed by atoms with Crippen LogP contribution in [-0.4, -0.2) is 20.8 Å². The molecule has 3 nitrogen and oxygen atoms in total. The quantitative estimate of drug-likeness (QED) is 0.312. The Morgan fingerprint density at radius 3 is 2.52 bits per heavy atom. The molecule has 161 valence electrons. The van der Waals surface area contributed by atoms with Gasteiger partial charge in [0.05, 0.1) is 25.6 Å². The number of aryl methyl sites for hydroxylation is 1. The van der Waals surface area contributed by atoms with Crippen LogP contribution in [0.3, 0.4) is 0 Å². The fraction of sp³-hybridized carbons (Fsp3) is 0.269. The molecule has 0 N–H and O–H groups in total. The maximum Gasteiger partial charge on any atom is 0.160 e. The SMILES string of the molecule is COc1ccc(CC[CH]CCCN2c3ccccc3Sc3ccc(Cl)cc32)cc1OC. The summed E-state index contributed by atoms with van der Waals surface area (Å²) < 4.78 is 10.7. The highest BCUT2D eigenvalue weighted by molar-refractivity contribution is 7.99. The van der Waals surface area contributed by atoms with E-state index in [0.29, 0.717) is 0 Å². The van der Waals surface area contributed by atoms with Crippen molar-refractivity contribution in [2.24, 2.45) is 0 Å². The number of fused-ring (bicyclic) bond motifs is 2. The van der Waals surface area contributed by atoms with Crippen molar-refractivity contribution in [2.75, 3.05) is 25.7 Å². The van der Waals surface area contributed by atoms with Crippen LogP contribution in [0.5, 0.6) is 11.5 Å². The van der Waals surface area contributed by atoms with E-state index < -0.39 is 0 Å². The molecule has 0 atom stereocenters. The highest BCUT2D eigenvalue weighted by Gasteiger charge is 2.22. The normalized spacial score (nSPS) is 12.3. The van der Waals surface area contributed by atoms with Crippen molar-refractivity contribution in [3.63, 3.8) is 0 Å². The minimum atomic E-state index is 0.774. The lowest BCUT2D eigenvalue weighted by atomic mass is 10.1. The van der Waals surface area contributed by atoms with E-state index in [9.17, 15) is 0 Å². The Hall–Kier alpha value is -2.30. The number of anilines is 2. The molecule has 0 saturated carbocycles.